The average Bonchev–Trinajstić information content (AvgIpc) is 2.24. The molecule has 118 valence electrons. The quantitative estimate of drug-likeness (QED) is 0.730. The SMILES string of the molecule is COC(=O)CCC[C@H](CC(C)C)NC(=O)OC(C)(C)C. The molecule has 0 aromatic heterocycles. The maximum atomic E-state index is 11.8. The van der Waals surface area contributed by atoms with E-state index in [4.69, 9.17) is 4.74 Å². The van der Waals surface area contributed by atoms with Crippen LogP contribution >= 0.6 is 0 Å². The molecule has 5 nitrogen and oxygen atoms in total. The van der Waals surface area contributed by atoms with E-state index in [1.54, 1.807) is 0 Å². The largest absolute Gasteiger partial charge is 0.469 e. The van der Waals surface area contributed by atoms with Crippen molar-refractivity contribution in [3.8, 4) is 0 Å². The summed E-state index contributed by atoms with van der Waals surface area (Å²) in [4.78, 5) is 22.9. The first kappa shape index (κ1) is 18.7. The molecule has 0 saturated heterocycles. The van der Waals surface area contributed by atoms with Gasteiger partial charge in [0.1, 0.15) is 5.60 Å². The first-order chi connectivity index (χ1) is 9.14. The summed E-state index contributed by atoms with van der Waals surface area (Å²) in [5, 5.41) is 2.88. The maximum Gasteiger partial charge on any atom is 0.407 e. The molecule has 1 N–H and O–H groups in total. The molecule has 0 aliphatic rings. The Bertz CT molecular complexity index is 307. The normalized spacial score (nSPS) is 12.9. The van der Waals surface area contributed by atoms with Crippen LogP contribution < -0.4 is 5.32 Å². The highest BCUT2D eigenvalue weighted by atomic mass is 16.6. The molecule has 1 amide bonds. The second-order valence-corrected chi connectivity index (χ2v) is 6.44. The number of hydrogen-bond acceptors (Lipinski definition) is 4. The van der Waals surface area contributed by atoms with Gasteiger partial charge in [-0.3, -0.25) is 4.79 Å². The van der Waals surface area contributed by atoms with Gasteiger partial charge in [-0.25, -0.2) is 4.79 Å². The lowest BCUT2D eigenvalue weighted by molar-refractivity contribution is -0.140. The third-order valence-corrected chi connectivity index (χ3v) is 2.64. The Morgan fingerprint density at radius 2 is 1.80 bits per heavy atom. The highest BCUT2D eigenvalue weighted by Crippen LogP contribution is 2.13. The fourth-order valence-electron chi connectivity index (χ4n) is 1.89. The van der Waals surface area contributed by atoms with Crippen molar-refractivity contribution < 1.29 is 19.1 Å². The number of ether oxygens (including phenoxy) is 2. The molecule has 0 aliphatic heterocycles. The zero-order chi connectivity index (χ0) is 15.8. The van der Waals surface area contributed by atoms with Crippen LogP contribution in [-0.2, 0) is 14.3 Å². The van der Waals surface area contributed by atoms with E-state index in [1.807, 2.05) is 20.8 Å². The summed E-state index contributed by atoms with van der Waals surface area (Å²) < 4.78 is 9.87. The molecular weight excluding hydrogens is 258 g/mol. The van der Waals surface area contributed by atoms with Crippen LogP contribution in [0.5, 0.6) is 0 Å². The van der Waals surface area contributed by atoms with Crippen LogP contribution in [0, 0.1) is 5.92 Å². The summed E-state index contributed by atoms with van der Waals surface area (Å²) in [5.41, 5.74) is -0.502. The first-order valence-corrected chi connectivity index (χ1v) is 7.20. The van der Waals surface area contributed by atoms with Crippen molar-refractivity contribution in [2.75, 3.05) is 7.11 Å². The smallest absolute Gasteiger partial charge is 0.407 e. The Balaban J connectivity index is 4.27. The summed E-state index contributed by atoms with van der Waals surface area (Å²) in [6.07, 6.45) is 2.27. The molecule has 20 heavy (non-hydrogen) atoms. The van der Waals surface area contributed by atoms with E-state index in [1.165, 1.54) is 7.11 Å². The fraction of sp³-hybridized carbons (Fsp3) is 0.867. The Morgan fingerprint density at radius 3 is 2.25 bits per heavy atom. The first-order valence-electron chi connectivity index (χ1n) is 7.20. The van der Waals surface area contributed by atoms with E-state index < -0.39 is 11.7 Å². The van der Waals surface area contributed by atoms with Crippen LogP contribution in [-0.4, -0.2) is 30.8 Å². The van der Waals surface area contributed by atoms with Gasteiger partial charge in [0, 0.05) is 12.5 Å². The van der Waals surface area contributed by atoms with E-state index in [9.17, 15) is 9.59 Å². The van der Waals surface area contributed by atoms with Crippen LogP contribution in [0.4, 0.5) is 4.79 Å². The number of methoxy groups -OCH3 is 1. The predicted molar refractivity (Wildman–Crippen MR) is 78.5 cm³/mol. The topological polar surface area (TPSA) is 64.6 Å². The van der Waals surface area contributed by atoms with Crippen molar-refractivity contribution in [2.45, 2.75) is 71.9 Å². The van der Waals surface area contributed by atoms with Gasteiger partial charge in [0.15, 0.2) is 0 Å². The van der Waals surface area contributed by atoms with Gasteiger partial charge in [-0.05, 0) is 46.0 Å². The van der Waals surface area contributed by atoms with E-state index in [0.29, 0.717) is 18.8 Å². The minimum absolute atomic E-state index is 0.0227. The minimum Gasteiger partial charge on any atom is -0.469 e. The lowest BCUT2D eigenvalue weighted by atomic mass is 9.99. The van der Waals surface area contributed by atoms with Gasteiger partial charge in [0.2, 0.25) is 0 Å². The van der Waals surface area contributed by atoms with E-state index in [2.05, 4.69) is 23.9 Å². The van der Waals surface area contributed by atoms with Crippen molar-refractivity contribution >= 4 is 12.1 Å². The summed E-state index contributed by atoms with van der Waals surface area (Å²) in [7, 11) is 1.38. The Kier molecular flexibility index (Phi) is 8.26. The van der Waals surface area contributed by atoms with Crippen LogP contribution in [0.3, 0.4) is 0 Å². The third-order valence-electron chi connectivity index (χ3n) is 2.64. The van der Waals surface area contributed by atoms with Crippen LogP contribution in [0.25, 0.3) is 0 Å². The summed E-state index contributed by atoms with van der Waals surface area (Å²) in [5.74, 6) is 0.249. The molecule has 0 unspecified atom stereocenters. The van der Waals surface area contributed by atoms with Gasteiger partial charge in [0.25, 0.3) is 0 Å². The van der Waals surface area contributed by atoms with Gasteiger partial charge in [-0.1, -0.05) is 13.8 Å². The number of esters is 1. The number of amides is 1. The van der Waals surface area contributed by atoms with Crippen molar-refractivity contribution in [2.24, 2.45) is 5.92 Å². The molecule has 0 heterocycles. The fourth-order valence-corrected chi connectivity index (χ4v) is 1.89. The van der Waals surface area contributed by atoms with Crippen molar-refractivity contribution in [3.05, 3.63) is 0 Å². The number of hydrogen-bond donors (Lipinski definition) is 1. The van der Waals surface area contributed by atoms with Crippen molar-refractivity contribution in [3.63, 3.8) is 0 Å². The van der Waals surface area contributed by atoms with Gasteiger partial charge >= 0.3 is 12.1 Å². The molecular formula is C15H29NO4. The molecule has 0 aromatic carbocycles. The van der Waals surface area contributed by atoms with Gasteiger partial charge in [-0.15, -0.1) is 0 Å². The predicted octanol–water partition coefficient (Wildman–Crippen LogP) is 3.27. The van der Waals surface area contributed by atoms with Crippen LogP contribution in [0.1, 0.15) is 60.3 Å². The maximum absolute atomic E-state index is 11.8. The monoisotopic (exact) mass is 287 g/mol. The Morgan fingerprint density at radius 1 is 1.20 bits per heavy atom. The molecule has 0 fully saturated rings. The Hall–Kier alpha value is -1.26. The molecule has 1 atom stereocenters. The molecule has 0 bridgehead atoms. The van der Waals surface area contributed by atoms with Gasteiger partial charge < -0.3 is 14.8 Å². The highest BCUT2D eigenvalue weighted by Gasteiger charge is 2.20. The number of nitrogens with one attached hydrogen (secondary N) is 1. The zero-order valence-electron chi connectivity index (χ0n) is 13.6. The molecule has 5 heteroatoms. The molecule has 0 rings (SSSR count). The zero-order valence-corrected chi connectivity index (χ0v) is 13.6. The lowest BCUT2D eigenvalue weighted by Gasteiger charge is -2.24. The number of carbonyl (C=O) groups is 2. The van der Waals surface area contributed by atoms with E-state index in [-0.39, 0.29) is 12.0 Å². The molecule has 0 saturated carbocycles. The molecule has 0 radical (unpaired) electrons. The van der Waals surface area contributed by atoms with Crippen LogP contribution in [0.15, 0.2) is 0 Å². The summed E-state index contributed by atoms with van der Waals surface area (Å²) >= 11 is 0. The van der Waals surface area contributed by atoms with Gasteiger partial charge in [0.05, 0.1) is 7.11 Å². The van der Waals surface area contributed by atoms with Crippen LogP contribution in [0.2, 0.25) is 0 Å². The third kappa shape index (κ3) is 10.6. The standard InChI is InChI=1S/C15H29NO4/c1-11(2)10-12(8-7-9-13(17)19-6)16-14(18)20-15(3,4)5/h11-12H,7-10H2,1-6H3,(H,16,18)/t12-/m1/s1. The number of rotatable bonds is 7. The number of carbonyl (C=O) groups excluding carboxylic acids is 2. The second kappa shape index (κ2) is 8.82. The molecule has 0 aliphatic carbocycles. The average molecular weight is 287 g/mol. The van der Waals surface area contributed by atoms with Crippen molar-refractivity contribution in [1.29, 1.82) is 0 Å². The summed E-state index contributed by atoms with van der Waals surface area (Å²) in [6.45, 7) is 9.71. The summed E-state index contributed by atoms with van der Waals surface area (Å²) in [6, 6.07) is 0.0227. The number of alkyl carbamates (subject to hydrolysis) is 1. The van der Waals surface area contributed by atoms with Gasteiger partial charge in [-0.2, -0.15) is 0 Å². The lowest BCUT2D eigenvalue weighted by Crippen LogP contribution is -2.39. The Labute approximate surface area is 122 Å². The van der Waals surface area contributed by atoms with E-state index in [0.717, 1.165) is 12.8 Å². The minimum atomic E-state index is -0.502. The van der Waals surface area contributed by atoms with Crippen molar-refractivity contribution in [1.82, 2.24) is 5.32 Å². The molecule has 0 spiro atoms. The van der Waals surface area contributed by atoms with E-state index >= 15 is 0 Å². The highest BCUT2D eigenvalue weighted by molar-refractivity contribution is 5.69. The molecule has 0 aromatic rings. The second-order valence-electron chi connectivity index (χ2n) is 6.44.